The van der Waals surface area contributed by atoms with Crippen LogP contribution in [0.15, 0.2) is 40.9 Å². The maximum Gasteiger partial charge on any atom is 0.115 e. The lowest BCUT2D eigenvalue weighted by atomic mass is 10.1. The van der Waals surface area contributed by atoms with E-state index in [1.165, 1.54) is 11.1 Å². The first kappa shape index (κ1) is 14.6. The molecule has 0 radical (unpaired) electrons. The van der Waals surface area contributed by atoms with E-state index in [-0.39, 0.29) is 0 Å². The van der Waals surface area contributed by atoms with Crippen molar-refractivity contribution in [2.75, 3.05) is 5.88 Å². The topological polar surface area (TPSA) is 17.8 Å². The quantitative estimate of drug-likeness (QED) is 0.586. The maximum absolute atomic E-state index is 5.97. The van der Waals surface area contributed by atoms with Crippen molar-refractivity contribution in [3.8, 4) is 5.69 Å². The van der Waals surface area contributed by atoms with Crippen LogP contribution in [-0.2, 0) is 6.42 Å². The van der Waals surface area contributed by atoms with Gasteiger partial charge in [-0.25, -0.2) is 4.98 Å². The van der Waals surface area contributed by atoms with Gasteiger partial charge in [-0.15, -0.1) is 11.6 Å². The molecule has 3 aromatic rings. The van der Waals surface area contributed by atoms with E-state index in [1.807, 2.05) is 0 Å². The summed E-state index contributed by atoms with van der Waals surface area (Å²) in [7, 11) is 0. The molecular formula is C17H16BrClN2. The van der Waals surface area contributed by atoms with Crippen LogP contribution in [-0.4, -0.2) is 15.4 Å². The number of hydrogen-bond acceptors (Lipinski definition) is 1. The number of nitrogens with zero attached hydrogens (tertiary/aromatic N) is 2. The van der Waals surface area contributed by atoms with Gasteiger partial charge in [0.15, 0.2) is 0 Å². The van der Waals surface area contributed by atoms with Gasteiger partial charge in [-0.2, -0.15) is 0 Å². The fourth-order valence-corrected chi connectivity index (χ4v) is 3.17. The Labute approximate surface area is 137 Å². The number of benzene rings is 2. The van der Waals surface area contributed by atoms with E-state index in [9.17, 15) is 0 Å². The summed E-state index contributed by atoms with van der Waals surface area (Å²) in [5, 5.41) is 0. The zero-order chi connectivity index (χ0) is 15.0. The number of rotatable bonds is 3. The molecule has 4 heteroatoms. The van der Waals surface area contributed by atoms with Crippen molar-refractivity contribution in [3.05, 3.63) is 57.8 Å². The molecule has 2 nitrogen and oxygen atoms in total. The number of alkyl halides is 1. The maximum atomic E-state index is 5.97. The summed E-state index contributed by atoms with van der Waals surface area (Å²) in [6.45, 7) is 4.21. The summed E-state index contributed by atoms with van der Waals surface area (Å²) in [4.78, 5) is 4.81. The SMILES string of the molecule is Cc1c(Br)cccc1-n1c(CCCl)nc2c(C)cccc21. The van der Waals surface area contributed by atoms with Gasteiger partial charge in [0, 0.05) is 16.8 Å². The first-order valence-electron chi connectivity index (χ1n) is 6.92. The highest BCUT2D eigenvalue weighted by Crippen LogP contribution is 2.29. The van der Waals surface area contributed by atoms with Crippen molar-refractivity contribution >= 4 is 38.6 Å². The molecule has 0 spiro atoms. The predicted octanol–water partition coefficient (Wildman–Crippen LogP) is 5.19. The third-order valence-electron chi connectivity index (χ3n) is 3.75. The van der Waals surface area contributed by atoms with Crippen molar-refractivity contribution in [1.29, 1.82) is 0 Å². The van der Waals surface area contributed by atoms with Crippen LogP contribution in [0.25, 0.3) is 16.7 Å². The van der Waals surface area contributed by atoms with Crippen molar-refractivity contribution in [2.45, 2.75) is 20.3 Å². The van der Waals surface area contributed by atoms with Crippen molar-refractivity contribution in [3.63, 3.8) is 0 Å². The lowest BCUT2D eigenvalue weighted by molar-refractivity contribution is 0.906. The lowest BCUT2D eigenvalue weighted by Gasteiger charge is -2.13. The second kappa shape index (κ2) is 5.82. The molecule has 2 aromatic carbocycles. The summed E-state index contributed by atoms with van der Waals surface area (Å²) in [5.74, 6) is 1.57. The minimum absolute atomic E-state index is 0.565. The Morgan fingerprint density at radius 2 is 1.90 bits per heavy atom. The zero-order valence-electron chi connectivity index (χ0n) is 12.0. The average Bonchev–Trinajstić information content (AvgIpc) is 2.82. The molecule has 108 valence electrons. The lowest BCUT2D eigenvalue weighted by Crippen LogP contribution is -2.04. The van der Waals surface area contributed by atoms with Gasteiger partial charge in [0.25, 0.3) is 0 Å². The molecule has 0 amide bonds. The number of para-hydroxylation sites is 1. The van der Waals surface area contributed by atoms with Gasteiger partial charge in [0.2, 0.25) is 0 Å². The second-order valence-corrected chi connectivity index (χ2v) is 6.36. The van der Waals surface area contributed by atoms with Gasteiger partial charge in [0.1, 0.15) is 5.82 Å². The van der Waals surface area contributed by atoms with Crippen molar-refractivity contribution in [2.24, 2.45) is 0 Å². The highest BCUT2D eigenvalue weighted by Gasteiger charge is 2.15. The third kappa shape index (κ3) is 2.49. The minimum atomic E-state index is 0.565. The van der Waals surface area contributed by atoms with Crippen LogP contribution >= 0.6 is 27.5 Å². The van der Waals surface area contributed by atoms with E-state index in [0.29, 0.717) is 5.88 Å². The number of hydrogen-bond donors (Lipinski definition) is 0. The van der Waals surface area contributed by atoms with Crippen LogP contribution in [0.1, 0.15) is 17.0 Å². The second-order valence-electron chi connectivity index (χ2n) is 5.13. The van der Waals surface area contributed by atoms with Crippen LogP contribution in [0.3, 0.4) is 0 Å². The molecule has 0 saturated carbocycles. The fraction of sp³-hybridized carbons (Fsp3) is 0.235. The van der Waals surface area contributed by atoms with E-state index in [2.05, 4.69) is 70.7 Å². The van der Waals surface area contributed by atoms with Crippen LogP contribution in [0.4, 0.5) is 0 Å². The molecule has 0 aliphatic rings. The predicted molar refractivity (Wildman–Crippen MR) is 92.7 cm³/mol. The standard InChI is InChI=1S/C17H16BrClN2/c1-11-5-3-8-15-17(11)20-16(9-10-19)21(15)14-7-4-6-13(18)12(14)2/h3-8H,9-10H2,1-2H3. The fourth-order valence-electron chi connectivity index (χ4n) is 2.65. The molecule has 0 atom stereocenters. The molecule has 0 aliphatic carbocycles. The van der Waals surface area contributed by atoms with Gasteiger partial charge < -0.3 is 0 Å². The molecule has 0 unspecified atom stereocenters. The van der Waals surface area contributed by atoms with Crippen LogP contribution in [0.2, 0.25) is 0 Å². The number of aryl methyl sites for hydroxylation is 2. The Kier molecular flexibility index (Phi) is 4.05. The Hall–Kier alpha value is -1.32. The van der Waals surface area contributed by atoms with Crippen LogP contribution in [0, 0.1) is 13.8 Å². The van der Waals surface area contributed by atoms with Gasteiger partial charge in [-0.1, -0.05) is 34.1 Å². The third-order valence-corrected chi connectivity index (χ3v) is 4.80. The highest BCUT2D eigenvalue weighted by atomic mass is 79.9. The first-order chi connectivity index (χ1) is 10.1. The highest BCUT2D eigenvalue weighted by molar-refractivity contribution is 9.10. The molecule has 0 fully saturated rings. The molecular weight excluding hydrogens is 348 g/mol. The smallest absolute Gasteiger partial charge is 0.115 e. The summed E-state index contributed by atoms with van der Waals surface area (Å²) in [6.07, 6.45) is 0.752. The molecule has 0 saturated heterocycles. The molecule has 21 heavy (non-hydrogen) atoms. The number of halogens is 2. The Morgan fingerprint density at radius 3 is 2.67 bits per heavy atom. The summed E-state index contributed by atoms with van der Waals surface area (Å²) in [5.41, 5.74) is 5.73. The minimum Gasteiger partial charge on any atom is -0.296 e. The molecule has 0 aliphatic heterocycles. The Balaban J connectivity index is 2.37. The number of fused-ring (bicyclic) bond motifs is 1. The summed E-state index contributed by atoms with van der Waals surface area (Å²) >= 11 is 9.59. The van der Waals surface area contributed by atoms with Gasteiger partial charge >= 0.3 is 0 Å². The normalized spacial score (nSPS) is 11.2. The number of imidazole rings is 1. The van der Waals surface area contributed by atoms with E-state index in [4.69, 9.17) is 16.6 Å². The van der Waals surface area contributed by atoms with Crippen molar-refractivity contribution < 1.29 is 0 Å². The first-order valence-corrected chi connectivity index (χ1v) is 8.24. The van der Waals surface area contributed by atoms with Crippen molar-refractivity contribution in [1.82, 2.24) is 9.55 Å². The van der Waals surface area contributed by atoms with E-state index in [1.54, 1.807) is 0 Å². The molecule has 0 bridgehead atoms. The van der Waals surface area contributed by atoms with Crippen LogP contribution < -0.4 is 0 Å². The van der Waals surface area contributed by atoms with E-state index >= 15 is 0 Å². The Morgan fingerprint density at radius 1 is 1.14 bits per heavy atom. The van der Waals surface area contributed by atoms with Gasteiger partial charge in [-0.05, 0) is 43.2 Å². The number of aromatic nitrogens is 2. The van der Waals surface area contributed by atoms with Gasteiger partial charge in [0.05, 0.1) is 16.7 Å². The van der Waals surface area contributed by atoms with Gasteiger partial charge in [-0.3, -0.25) is 4.57 Å². The molecule has 3 rings (SSSR count). The zero-order valence-corrected chi connectivity index (χ0v) is 14.4. The van der Waals surface area contributed by atoms with E-state index in [0.717, 1.165) is 33.4 Å². The largest absolute Gasteiger partial charge is 0.296 e. The summed E-state index contributed by atoms with van der Waals surface area (Å²) < 4.78 is 3.33. The Bertz CT molecular complexity index is 808. The molecule has 1 heterocycles. The van der Waals surface area contributed by atoms with E-state index < -0.39 is 0 Å². The van der Waals surface area contributed by atoms with Crippen LogP contribution in [0.5, 0.6) is 0 Å². The molecule has 1 aromatic heterocycles. The average molecular weight is 364 g/mol. The summed E-state index contributed by atoms with van der Waals surface area (Å²) in [6, 6.07) is 12.5. The monoisotopic (exact) mass is 362 g/mol. The molecule has 0 N–H and O–H groups in total.